The molecule has 18 heavy (non-hydrogen) atoms. The van der Waals surface area contributed by atoms with Crippen molar-refractivity contribution in [3.05, 3.63) is 64.0 Å². The zero-order valence-electron chi connectivity index (χ0n) is 9.96. The average Bonchev–Trinajstić information content (AvgIpc) is 2.38. The van der Waals surface area contributed by atoms with E-state index in [2.05, 4.69) is 10.3 Å². The van der Waals surface area contributed by atoms with E-state index in [0.717, 1.165) is 16.9 Å². The molecule has 5 heteroatoms. The number of anilines is 1. The molecule has 1 heterocycles. The van der Waals surface area contributed by atoms with E-state index in [0.29, 0.717) is 6.54 Å². The fraction of sp³-hybridized carbons (Fsp3) is 0.154. The van der Waals surface area contributed by atoms with E-state index in [9.17, 15) is 10.1 Å². The predicted octanol–water partition coefficient (Wildman–Crippen LogP) is 2.91. The van der Waals surface area contributed by atoms with Crippen LogP contribution in [0.25, 0.3) is 0 Å². The maximum atomic E-state index is 10.5. The summed E-state index contributed by atoms with van der Waals surface area (Å²) < 4.78 is 0. The van der Waals surface area contributed by atoms with Gasteiger partial charge in [0, 0.05) is 24.4 Å². The zero-order chi connectivity index (χ0) is 13.0. The number of aryl methyl sites for hydroxylation is 1. The molecule has 0 aliphatic heterocycles. The van der Waals surface area contributed by atoms with E-state index in [1.807, 2.05) is 19.1 Å². The lowest BCUT2D eigenvalue weighted by Crippen LogP contribution is -2.00. The Kier molecular flexibility index (Phi) is 3.52. The van der Waals surface area contributed by atoms with E-state index in [-0.39, 0.29) is 5.69 Å². The molecule has 0 atom stereocenters. The molecule has 0 saturated heterocycles. The minimum atomic E-state index is -0.402. The lowest BCUT2D eigenvalue weighted by atomic mass is 10.2. The van der Waals surface area contributed by atoms with Gasteiger partial charge < -0.3 is 5.32 Å². The van der Waals surface area contributed by atoms with E-state index >= 15 is 0 Å². The Bertz CT molecular complexity index is 535. The summed E-state index contributed by atoms with van der Waals surface area (Å²) in [5.74, 6) is 0. The Morgan fingerprint density at radius 1 is 1.22 bits per heavy atom. The third kappa shape index (κ3) is 3.04. The van der Waals surface area contributed by atoms with Crippen molar-refractivity contribution >= 4 is 11.4 Å². The third-order valence-corrected chi connectivity index (χ3v) is 2.56. The molecule has 1 aromatic heterocycles. The normalized spacial score (nSPS) is 10.1. The van der Waals surface area contributed by atoms with Crippen LogP contribution in [0.2, 0.25) is 0 Å². The van der Waals surface area contributed by atoms with Crippen LogP contribution in [-0.2, 0) is 6.54 Å². The van der Waals surface area contributed by atoms with Gasteiger partial charge in [0.25, 0.3) is 5.69 Å². The highest BCUT2D eigenvalue weighted by Crippen LogP contribution is 2.13. The van der Waals surface area contributed by atoms with Gasteiger partial charge in [0.15, 0.2) is 0 Å². The summed E-state index contributed by atoms with van der Waals surface area (Å²) in [4.78, 5) is 14.3. The standard InChI is InChI=1S/C13H13N3O2/c1-10-2-5-12(9-14-10)15-8-11-3-6-13(7-4-11)16(17)18/h2-7,9,15H,8H2,1H3. The summed E-state index contributed by atoms with van der Waals surface area (Å²) in [6, 6.07) is 10.4. The Labute approximate surface area is 105 Å². The second-order valence-corrected chi connectivity index (χ2v) is 3.97. The average molecular weight is 243 g/mol. The SMILES string of the molecule is Cc1ccc(NCc2ccc([N+](=O)[O-])cc2)cn1. The molecule has 0 radical (unpaired) electrons. The van der Waals surface area contributed by atoms with Crippen molar-refractivity contribution in [2.45, 2.75) is 13.5 Å². The van der Waals surface area contributed by atoms with Gasteiger partial charge in [0.2, 0.25) is 0 Å². The van der Waals surface area contributed by atoms with Crippen molar-refractivity contribution < 1.29 is 4.92 Å². The number of hydrogen-bond donors (Lipinski definition) is 1. The number of benzene rings is 1. The highest BCUT2D eigenvalue weighted by molar-refractivity contribution is 5.42. The maximum Gasteiger partial charge on any atom is 0.269 e. The molecule has 5 nitrogen and oxygen atoms in total. The van der Waals surface area contributed by atoms with Gasteiger partial charge in [-0.2, -0.15) is 0 Å². The van der Waals surface area contributed by atoms with Gasteiger partial charge in [-0.3, -0.25) is 15.1 Å². The van der Waals surface area contributed by atoms with Crippen molar-refractivity contribution in [2.75, 3.05) is 5.32 Å². The molecule has 0 aliphatic carbocycles. The fourth-order valence-corrected chi connectivity index (χ4v) is 1.51. The Morgan fingerprint density at radius 2 is 1.94 bits per heavy atom. The molecule has 2 aromatic rings. The topological polar surface area (TPSA) is 68.1 Å². The first-order valence-electron chi connectivity index (χ1n) is 5.55. The van der Waals surface area contributed by atoms with E-state index in [1.165, 1.54) is 12.1 Å². The molecule has 2 rings (SSSR count). The van der Waals surface area contributed by atoms with Crippen molar-refractivity contribution in [3.63, 3.8) is 0 Å². The summed E-state index contributed by atoms with van der Waals surface area (Å²) in [6.07, 6.45) is 1.76. The van der Waals surface area contributed by atoms with Gasteiger partial charge in [-0.25, -0.2) is 0 Å². The molecule has 92 valence electrons. The summed E-state index contributed by atoms with van der Waals surface area (Å²) in [5, 5.41) is 13.7. The Morgan fingerprint density at radius 3 is 2.50 bits per heavy atom. The minimum absolute atomic E-state index is 0.107. The van der Waals surface area contributed by atoms with Crippen molar-refractivity contribution in [3.8, 4) is 0 Å². The first-order chi connectivity index (χ1) is 8.65. The first-order valence-corrected chi connectivity index (χ1v) is 5.55. The van der Waals surface area contributed by atoms with Crippen molar-refractivity contribution in [2.24, 2.45) is 0 Å². The van der Waals surface area contributed by atoms with Crippen LogP contribution in [0.3, 0.4) is 0 Å². The van der Waals surface area contributed by atoms with E-state index in [4.69, 9.17) is 0 Å². The van der Waals surface area contributed by atoms with E-state index < -0.39 is 4.92 Å². The maximum absolute atomic E-state index is 10.5. The first kappa shape index (κ1) is 12.0. The lowest BCUT2D eigenvalue weighted by Gasteiger charge is -2.06. The van der Waals surface area contributed by atoms with Gasteiger partial charge in [-0.05, 0) is 24.6 Å². The van der Waals surface area contributed by atoms with Crippen LogP contribution in [0.1, 0.15) is 11.3 Å². The molecule has 0 bridgehead atoms. The second-order valence-electron chi connectivity index (χ2n) is 3.97. The van der Waals surface area contributed by atoms with Crippen molar-refractivity contribution in [1.29, 1.82) is 0 Å². The number of nitro groups is 1. The molecule has 0 fully saturated rings. The summed E-state index contributed by atoms with van der Waals surface area (Å²) in [5.41, 5.74) is 2.99. The van der Waals surface area contributed by atoms with Gasteiger partial charge >= 0.3 is 0 Å². The number of aromatic nitrogens is 1. The molecule has 0 spiro atoms. The lowest BCUT2D eigenvalue weighted by molar-refractivity contribution is -0.384. The number of nitrogens with zero attached hydrogens (tertiary/aromatic N) is 2. The van der Waals surface area contributed by atoms with Crippen LogP contribution in [-0.4, -0.2) is 9.91 Å². The van der Waals surface area contributed by atoms with Crippen molar-refractivity contribution in [1.82, 2.24) is 4.98 Å². The van der Waals surface area contributed by atoms with Crippen LogP contribution < -0.4 is 5.32 Å². The second kappa shape index (κ2) is 5.27. The molecular formula is C13H13N3O2. The summed E-state index contributed by atoms with van der Waals surface area (Å²) >= 11 is 0. The molecule has 1 aromatic carbocycles. The predicted molar refractivity (Wildman–Crippen MR) is 69.4 cm³/mol. The van der Waals surface area contributed by atoms with Crippen LogP contribution in [0, 0.1) is 17.0 Å². The van der Waals surface area contributed by atoms with Crippen LogP contribution in [0.4, 0.5) is 11.4 Å². The molecule has 0 aliphatic rings. The number of non-ortho nitro benzene ring substituents is 1. The van der Waals surface area contributed by atoms with Crippen LogP contribution >= 0.6 is 0 Å². The molecular weight excluding hydrogens is 230 g/mol. The van der Waals surface area contributed by atoms with E-state index in [1.54, 1.807) is 18.3 Å². The van der Waals surface area contributed by atoms with Crippen LogP contribution in [0.15, 0.2) is 42.6 Å². The van der Waals surface area contributed by atoms with Gasteiger partial charge in [-0.1, -0.05) is 12.1 Å². The highest BCUT2D eigenvalue weighted by Gasteiger charge is 2.03. The molecule has 0 saturated carbocycles. The Balaban J connectivity index is 1.97. The number of rotatable bonds is 4. The minimum Gasteiger partial charge on any atom is -0.380 e. The third-order valence-electron chi connectivity index (χ3n) is 2.56. The highest BCUT2D eigenvalue weighted by atomic mass is 16.6. The quantitative estimate of drug-likeness (QED) is 0.662. The zero-order valence-corrected chi connectivity index (χ0v) is 9.96. The number of nitrogens with one attached hydrogen (secondary N) is 1. The summed E-state index contributed by atoms with van der Waals surface area (Å²) in [6.45, 7) is 2.54. The Hall–Kier alpha value is -2.43. The number of pyridine rings is 1. The number of nitro benzene ring substituents is 1. The molecule has 0 unspecified atom stereocenters. The summed E-state index contributed by atoms with van der Waals surface area (Å²) in [7, 11) is 0. The monoisotopic (exact) mass is 243 g/mol. The molecule has 0 amide bonds. The number of hydrogen-bond acceptors (Lipinski definition) is 4. The largest absolute Gasteiger partial charge is 0.380 e. The van der Waals surface area contributed by atoms with Crippen LogP contribution in [0.5, 0.6) is 0 Å². The fourth-order valence-electron chi connectivity index (χ4n) is 1.51. The van der Waals surface area contributed by atoms with Gasteiger partial charge in [0.1, 0.15) is 0 Å². The molecule has 1 N–H and O–H groups in total. The van der Waals surface area contributed by atoms with Gasteiger partial charge in [-0.15, -0.1) is 0 Å². The van der Waals surface area contributed by atoms with Gasteiger partial charge in [0.05, 0.1) is 16.8 Å². The smallest absolute Gasteiger partial charge is 0.269 e.